The normalized spacial score (nSPS) is 10.9. The second-order valence-corrected chi connectivity index (χ2v) is 6.83. The quantitative estimate of drug-likeness (QED) is 0.423. The average Bonchev–Trinajstić information content (AvgIpc) is 2.42. The molecule has 6 heteroatoms. The highest BCUT2D eigenvalue weighted by Gasteiger charge is 2.11. The lowest BCUT2D eigenvalue weighted by Crippen LogP contribution is -2.06. The van der Waals surface area contributed by atoms with Crippen LogP contribution in [0.2, 0.25) is 0 Å². The van der Waals surface area contributed by atoms with Crippen LogP contribution in [0.4, 0.5) is 0 Å². The van der Waals surface area contributed by atoms with Gasteiger partial charge in [-0.2, -0.15) is 0 Å². The molecule has 21 heavy (non-hydrogen) atoms. The van der Waals surface area contributed by atoms with Gasteiger partial charge >= 0.3 is 0 Å². The molecule has 0 fully saturated rings. The molecule has 0 amide bonds. The molecular formula is C15H14I2O4. The minimum atomic E-state index is -1.28. The molecule has 0 atom stereocenters. The third-order valence-corrected chi connectivity index (χ3v) is 4.41. The zero-order chi connectivity index (χ0) is 15.4. The predicted octanol–water partition coefficient (Wildman–Crippen LogP) is 3.64. The van der Waals surface area contributed by atoms with Gasteiger partial charge in [0.15, 0.2) is 12.0 Å². The van der Waals surface area contributed by atoms with Crippen LogP contribution in [0.25, 0.3) is 0 Å². The first-order chi connectivity index (χ1) is 9.95. The van der Waals surface area contributed by atoms with Crippen LogP contribution in [0, 0.1) is 7.14 Å². The van der Waals surface area contributed by atoms with Crippen LogP contribution in [0.1, 0.15) is 12.0 Å². The highest BCUT2D eigenvalue weighted by molar-refractivity contribution is 14.1. The van der Waals surface area contributed by atoms with E-state index in [0.717, 1.165) is 18.5 Å². The molecule has 0 radical (unpaired) electrons. The van der Waals surface area contributed by atoms with E-state index in [-0.39, 0.29) is 5.75 Å². The van der Waals surface area contributed by atoms with E-state index in [0.29, 0.717) is 18.6 Å². The minimum absolute atomic E-state index is 0.199. The van der Waals surface area contributed by atoms with E-state index in [4.69, 9.17) is 14.9 Å². The maximum Gasteiger partial charge on any atom is 0.154 e. The number of ether oxygens (including phenoxy) is 1. The van der Waals surface area contributed by atoms with Crippen molar-refractivity contribution < 1.29 is 20.1 Å². The molecular weight excluding hydrogens is 498 g/mol. The Labute approximate surface area is 150 Å². The Balaban J connectivity index is 2.18. The summed E-state index contributed by atoms with van der Waals surface area (Å²) >= 11 is 4.40. The molecule has 0 aromatic heterocycles. The number of hydrogen-bond acceptors (Lipinski definition) is 4. The summed E-state index contributed by atoms with van der Waals surface area (Å²) in [5, 5.41) is 27.1. The number of rotatable bonds is 5. The molecule has 2 rings (SSSR count). The monoisotopic (exact) mass is 512 g/mol. The van der Waals surface area contributed by atoms with Gasteiger partial charge in [-0.15, -0.1) is 0 Å². The molecule has 2 aromatic rings. The second-order valence-electron chi connectivity index (χ2n) is 4.50. The zero-order valence-electron chi connectivity index (χ0n) is 11.0. The summed E-state index contributed by atoms with van der Waals surface area (Å²) in [7, 11) is 0. The molecule has 2 aromatic carbocycles. The van der Waals surface area contributed by atoms with Crippen molar-refractivity contribution in [3.63, 3.8) is 0 Å². The smallest absolute Gasteiger partial charge is 0.154 e. The Morgan fingerprint density at radius 3 is 2.10 bits per heavy atom. The maximum atomic E-state index is 9.27. The first kappa shape index (κ1) is 16.8. The SMILES string of the molecule is Oc1ccc(Oc2c(I)cc(CCC(O)O)cc2I)cc1. The Kier molecular flexibility index (Phi) is 6.08. The molecule has 0 aliphatic rings. The standard InChI is InChI=1S/C15H14I2O4/c16-12-7-9(1-6-14(19)20)8-13(17)15(12)21-11-4-2-10(18)3-5-11/h2-5,7-8,14,18-20H,1,6H2. The number of aliphatic hydroxyl groups excluding tert-OH is 1. The summed E-state index contributed by atoms with van der Waals surface area (Å²) in [6.45, 7) is 0. The van der Waals surface area contributed by atoms with Gasteiger partial charge in [-0.3, -0.25) is 0 Å². The van der Waals surface area contributed by atoms with E-state index in [1.807, 2.05) is 12.1 Å². The van der Waals surface area contributed by atoms with Gasteiger partial charge in [-0.05, 0) is 93.6 Å². The Morgan fingerprint density at radius 2 is 1.57 bits per heavy atom. The fourth-order valence-electron chi connectivity index (χ4n) is 1.78. The van der Waals surface area contributed by atoms with Crippen LogP contribution in [0.5, 0.6) is 17.2 Å². The molecule has 3 N–H and O–H groups in total. The van der Waals surface area contributed by atoms with Gasteiger partial charge in [0.1, 0.15) is 11.5 Å². The van der Waals surface area contributed by atoms with Crippen molar-refractivity contribution in [1.82, 2.24) is 0 Å². The van der Waals surface area contributed by atoms with Crippen LogP contribution >= 0.6 is 45.2 Å². The highest BCUT2D eigenvalue weighted by atomic mass is 127. The molecule has 0 saturated heterocycles. The summed E-state index contributed by atoms with van der Waals surface area (Å²) in [6.07, 6.45) is -0.374. The predicted molar refractivity (Wildman–Crippen MR) is 96.6 cm³/mol. The topological polar surface area (TPSA) is 69.9 Å². The van der Waals surface area contributed by atoms with Gasteiger partial charge in [-0.1, -0.05) is 0 Å². The molecule has 0 saturated carbocycles. The van der Waals surface area contributed by atoms with Gasteiger partial charge in [-0.25, -0.2) is 0 Å². The molecule has 0 bridgehead atoms. The fraction of sp³-hybridized carbons (Fsp3) is 0.200. The van der Waals surface area contributed by atoms with Gasteiger partial charge < -0.3 is 20.1 Å². The van der Waals surface area contributed by atoms with E-state index in [1.54, 1.807) is 24.3 Å². The maximum absolute atomic E-state index is 9.27. The largest absolute Gasteiger partial charge is 0.508 e. The number of phenols is 1. The van der Waals surface area contributed by atoms with Crippen molar-refractivity contribution in [1.29, 1.82) is 0 Å². The molecule has 0 aliphatic carbocycles. The lowest BCUT2D eigenvalue weighted by Gasteiger charge is -2.12. The van der Waals surface area contributed by atoms with Crippen molar-refractivity contribution in [3.8, 4) is 17.2 Å². The van der Waals surface area contributed by atoms with Gasteiger partial charge in [0.25, 0.3) is 0 Å². The van der Waals surface area contributed by atoms with Crippen molar-refractivity contribution in [2.75, 3.05) is 0 Å². The molecule has 112 valence electrons. The summed E-state index contributed by atoms with van der Waals surface area (Å²) in [5.74, 6) is 1.61. The van der Waals surface area contributed by atoms with Crippen molar-refractivity contribution in [2.24, 2.45) is 0 Å². The number of aryl methyl sites for hydroxylation is 1. The van der Waals surface area contributed by atoms with Crippen molar-refractivity contribution >= 4 is 45.2 Å². The van der Waals surface area contributed by atoms with E-state index in [1.165, 1.54) is 0 Å². The number of aliphatic hydroxyl groups is 2. The lowest BCUT2D eigenvalue weighted by molar-refractivity contribution is -0.0447. The molecule has 0 aliphatic heterocycles. The van der Waals surface area contributed by atoms with Gasteiger partial charge in [0.05, 0.1) is 7.14 Å². The summed E-state index contributed by atoms with van der Waals surface area (Å²) in [4.78, 5) is 0. The van der Waals surface area contributed by atoms with Gasteiger partial charge in [0, 0.05) is 6.42 Å². The number of aromatic hydroxyl groups is 1. The highest BCUT2D eigenvalue weighted by Crippen LogP contribution is 2.33. The average molecular weight is 512 g/mol. The van der Waals surface area contributed by atoms with Crippen LogP contribution in [-0.4, -0.2) is 21.6 Å². The van der Waals surface area contributed by atoms with E-state index >= 15 is 0 Å². The van der Waals surface area contributed by atoms with Crippen LogP contribution in [0.3, 0.4) is 0 Å². The second kappa shape index (κ2) is 7.61. The van der Waals surface area contributed by atoms with E-state index in [2.05, 4.69) is 45.2 Å². The first-order valence-electron chi connectivity index (χ1n) is 6.26. The van der Waals surface area contributed by atoms with Crippen molar-refractivity contribution in [2.45, 2.75) is 19.1 Å². The van der Waals surface area contributed by atoms with E-state index < -0.39 is 6.29 Å². The van der Waals surface area contributed by atoms with Crippen LogP contribution in [-0.2, 0) is 6.42 Å². The van der Waals surface area contributed by atoms with Gasteiger partial charge in [0.2, 0.25) is 0 Å². The number of hydrogen-bond donors (Lipinski definition) is 3. The number of halogens is 2. The third-order valence-electron chi connectivity index (χ3n) is 2.81. The summed E-state index contributed by atoms with van der Waals surface area (Å²) < 4.78 is 7.76. The number of benzene rings is 2. The molecule has 0 spiro atoms. The van der Waals surface area contributed by atoms with Crippen LogP contribution in [0.15, 0.2) is 36.4 Å². The minimum Gasteiger partial charge on any atom is -0.508 e. The first-order valence-corrected chi connectivity index (χ1v) is 8.42. The Morgan fingerprint density at radius 1 is 1.00 bits per heavy atom. The Bertz CT molecular complexity index is 589. The summed E-state index contributed by atoms with van der Waals surface area (Å²) in [5.41, 5.74) is 1.04. The lowest BCUT2D eigenvalue weighted by atomic mass is 10.1. The van der Waals surface area contributed by atoms with E-state index in [9.17, 15) is 5.11 Å². The molecule has 0 unspecified atom stereocenters. The van der Waals surface area contributed by atoms with Crippen LogP contribution < -0.4 is 4.74 Å². The summed E-state index contributed by atoms with van der Waals surface area (Å²) in [6, 6.07) is 10.5. The Hall–Kier alpha value is -0.580. The van der Waals surface area contributed by atoms with Crippen molar-refractivity contribution in [3.05, 3.63) is 49.1 Å². The number of phenolic OH excluding ortho intramolecular Hbond substituents is 1. The zero-order valence-corrected chi connectivity index (χ0v) is 15.3. The third kappa shape index (κ3) is 4.97. The fourth-order valence-corrected chi connectivity index (χ4v) is 3.90. The molecule has 0 heterocycles. The molecule has 4 nitrogen and oxygen atoms in total.